The van der Waals surface area contributed by atoms with Gasteiger partial charge in [0.15, 0.2) is 0 Å². The molecule has 0 aliphatic rings. The monoisotopic (exact) mass is 272 g/mol. The number of anilines is 1. The number of nitrogens with one attached hydrogen (secondary N) is 1. The van der Waals surface area contributed by atoms with Crippen LogP contribution in [0.25, 0.3) is 0 Å². The lowest BCUT2D eigenvalue weighted by Crippen LogP contribution is -2.27. The van der Waals surface area contributed by atoms with Gasteiger partial charge < -0.3 is 11.1 Å². The van der Waals surface area contributed by atoms with E-state index in [4.69, 9.17) is 5.73 Å². The van der Waals surface area contributed by atoms with Crippen molar-refractivity contribution in [2.24, 2.45) is 0 Å². The third-order valence-electron chi connectivity index (χ3n) is 3.24. The Morgan fingerprint density at radius 1 is 1.25 bits per heavy atom. The van der Waals surface area contributed by atoms with E-state index >= 15 is 0 Å². The van der Waals surface area contributed by atoms with E-state index in [1.165, 1.54) is 18.2 Å². The number of halogens is 1. The summed E-state index contributed by atoms with van der Waals surface area (Å²) in [5.74, 6) is -0.586. The van der Waals surface area contributed by atoms with Crippen LogP contribution in [-0.4, -0.2) is 5.91 Å². The molecule has 1 unspecified atom stereocenters. The average Bonchev–Trinajstić information content (AvgIpc) is 2.38. The van der Waals surface area contributed by atoms with Gasteiger partial charge in [-0.15, -0.1) is 0 Å². The normalized spacial score (nSPS) is 11.9. The molecule has 0 saturated carbocycles. The number of aryl methyl sites for hydroxylation is 1. The number of nitrogen functional groups attached to an aromatic ring is 1. The van der Waals surface area contributed by atoms with Crippen molar-refractivity contribution < 1.29 is 9.18 Å². The van der Waals surface area contributed by atoms with Crippen LogP contribution in [0.1, 0.15) is 34.5 Å². The minimum absolute atomic E-state index is 0.215. The van der Waals surface area contributed by atoms with Crippen molar-refractivity contribution in [2.45, 2.75) is 19.9 Å². The van der Waals surface area contributed by atoms with Crippen molar-refractivity contribution in [3.8, 4) is 0 Å². The molecule has 20 heavy (non-hydrogen) atoms. The third-order valence-corrected chi connectivity index (χ3v) is 3.24. The summed E-state index contributed by atoms with van der Waals surface area (Å²) in [5, 5.41) is 2.87. The smallest absolute Gasteiger partial charge is 0.252 e. The molecule has 2 aromatic carbocycles. The minimum atomic E-state index is -0.348. The Kier molecular flexibility index (Phi) is 4.03. The number of hydrogen-bond acceptors (Lipinski definition) is 2. The summed E-state index contributed by atoms with van der Waals surface area (Å²) in [6, 6.07) is 11.3. The first kappa shape index (κ1) is 14.1. The first-order valence-electron chi connectivity index (χ1n) is 6.40. The Bertz CT molecular complexity index is 640. The summed E-state index contributed by atoms with van der Waals surface area (Å²) in [6.07, 6.45) is 0. The number of carbonyl (C=O) groups excluding carboxylic acids is 1. The van der Waals surface area contributed by atoms with Gasteiger partial charge in [-0.2, -0.15) is 0 Å². The number of amides is 1. The fraction of sp³-hybridized carbons (Fsp3) is 0.188. The average molecular weight is 272 g/mol. The molecule has 0 heterocycles. The lowest BCUT2D eigenvalue weighted by molar-refractivity contribution is 0.0939. The van der Waals surface area contributed by atoms with E-state index in [-0.39, 0.29) is 17.8 Å². The zero-order chi connectivity index (χ0) is 14.7. The predicted molar refractivity (Wildman–Crippen MR) is 77.9 cm³/mol. The zero-order valence-electron chi connectivity index (χ0n) is 11.5. The standard InChI is InChI=1S/C16H17FN2O/c1-10-9-12(17)7-8-13(10)16(20)19-11(2)14-5-3-4-6-15(14)18/h3-9,11H,18H2,1-2H3,(H,19,20). The summed E-state index contributed by atoms with van der Waals surface area (Å²) >= 11 is 0. The lowest BCUT2D eigenvalue weighted by Gasteiger charge is -2.17. The fourth-order valence-corrected chi connectivity index (χ4v) is 2.14. The van der Waals surface area contributed by atoms with Crippen LogP contribution in [0.4, 0.5) is 10.1 Å². The molecule has 0 fully saturated rings. The van der Waals surface area contributed by atoms with Crippen molar-refractivity contribution in [3.05, 3.63) is 65.0 Å². The maximum Gasteiger partial charge on any atom is 0.252 e. The number of benzene rings is 2. The van der Waals surface area contributed by atoms with Gasteiger partial charge in [-0.05, 0) is 49.2 Å². The summed E-state index contributed by atoms with van der Waals surface area (Å²) in [6.45, 7) is 3.57. The second-order valence-corrected chi connectivity index (χ2v) is 4.78. The zero-order valence-corrected chi connectivity index (χ0v) is 11.5. The molecule has 104 valence electrons. The van der Waals surface area contributed by atoms with Gasteiger partial charge in [0.05, 0.1) is 6.04 Å². The maximum absolute atomic E-state index is 13.0. The highest BCUT2D eigenvalue weighted by Crippen LogP contribution is 2.20. The first-order chi connectivity index (χ1) is 9.49. The van der Waals surface area contributed by atoms with Crippen molar-refractivity contribution in [1.82, 2.24) is 5.32 Å². The van der Waals surface area contributed by atoms with Gasteiger partial charge in [-0.1, -0.05) is 18.2 Å². The van der Waals surface area contributed by atoms with E-state index in [1.54, 1.807) is 13.0 Å². The Morgan fingerprint density at radius 3 is 2.60 bits per heavy atom. The van der Waals surface area contributed by atoms with Gasteiger partial charge >= 0.3 is 0 Å². The van der Waals surface area contributed by atoms with Crippen molar-refractivity contribution in [2.75, 3.05) is 5.73 Å². The molecular weight excluding hydrogens is 255 g/mol. The maximum atomic E-state index is 13.0. The lowest BCUT2D eigenvalue weighted by atomic mass is 10.0. The van der Waals surface area contributed by atoms with E-state index in [2.05, 4.69) is 5.32 Å². The number of para-hydroxylation sites is 1. The summed E-state index contributed by atoms with van der Waals surface area (Å²) in [5.41, 5.74) is 8.45. The second kappa shape index (κ2) is 5.74. The Labute approximate surface area is 117 Å². The Morgan fingerprint density at radius 2 is 1.95 bits per heavy atom. The topological polar surface area (TPSA) is 55.1 Å². The van der Waals surface area contributed by atoms with E-state index in [0.717, 1.165) is 5.56 Å². The molecule has 4 heteroatoms. The van der Waals surface area contributed by atoms with Crippen molar-refractivity contribution in [3.63, 3.8) is 0 Å². The SMILES string of the molecule is Cc1cc(F)ccc1C(=O)NC(C)c1ccccc1N. The Balaban J connectivity index is 2.17. The Hall–Kier alpha value is -2.36. The second-order valence-electron chi connectivity index (χ2n) is 4.78. The van der Waals surface area contributed by atoms with E-state index in [9.17, 15) is 9.18 Å². The third kappa shape index (κ3) is 2.96. The molecule has 1 atom stereocenters. The minimum Gasteiger partial charge on any atom is -0.398 e. The molecule has 0 radical (unpaired) electrons. The molecule has 0 aromatic heterocycles. The van der Waals surface area contributed by atoms with Gasteiger partial charge in [0.2, 0.25) is 0 Å². The van der Waals surface area contributed by atoms with Crippen LogP contribution in [-0.2, 0) is 0 Å². The number of nitrogens with two attached hydrogens (primary N) is 1. The molecule has 2 rings (SSSR count). The number of carbonyl (C=O) groups is 1. The quantitative estimate of drug-likeness (QED) is 0.843. The van der Waals surface area contributed by atoms with E-state index in [0.29, 0.717) is 16.8 Å². The highest BCUT2D eigenvalue weighted by atomic mass is 19.1. The molecule has 0 aliphatic carbocycles. The molecule has 0 bridgehead atoms. The summed E-state index contributed by atoms with van der Waals surface area (Å²) in [7, 11) is 0. The molecule has 0 aliphatic heterocycles. The predicted octanol–water partition coefficient (Wildman–Crippen LogP) is 3.21. The number of hydrogen-bond donors (Lipinski definition) is 2. The molecular formula is C16H17FN2O. The van der Waals surface area contributed by atoms with Gasteiger partial charge in [0.25, 0.3) is 5.91 Å². The molecule has 1 amide bonds. The summed E-state index contributed by atoms with van der Waals surface area (Å²) < 4.78 is 13.0. The molecule has 0 saturated heterocycles. The van der Waals surface area contributed by atoms with Crippen LogP contribution < -0.4 is 11.1 Å². The van der Waals surface area contributed by atoms with E-state index in [1.807, 2.05) is 25.1 Å². The molecule has 3 N–H and O–H groups in total. The van der Waals surface area contributed by atoms with Crippen LogP contribution >= 0.6 is 0 Å². The highest BCUT2D eigenvalue weighted by Gasteiger charge is 2.15. The van der Waals surface area contributed by atoms with Gasteiger partial charge in [0, 0.05) is 11.3 Å². The van der Waals surface area contributed by atoms with Gasteiger partial charge in [-0.3, -0.25) is 4.79 Å². The van der Waals surface area contributed by atoms with Crippen LogP contribution in [0, 0.1) is 12.7 Å². The number of rotatable bonds is 3. The first-order valence-corrected chi connectivity index (χ1v) is 6.40. The molecule has 3 nitrogen and oxygen atoms in total. The fourth-order valence-electron chi connectivity index (χ4n) is 2.14. The van der Waals surface area contributed by atoms with Gasteiger partial charge in [-0.25, -0.2) is 4.39 Å². The molecule has 0 spiro atoms. The van der Waals surface area contributed by atoms with Crippen molar-refractivity contribution >= 4 is 11.6 Å². The van der Waals surface area contributed by atoms with Gasteiger partial charge in [0.1, 0.15) is 5.82 Å². The van der Waals surface area contributed by atoms with Crippen molar-refractivity contribution in [1.29, 1.82) is 0 Å². The highest BCUT2D eigenvalue weighted by molar-refractivity contribution is 5.95. The molecule has 2 aromatic rings. The largest absolute Gasteiger partial charge is 0.398 e. The van der Waals surface area contributed by atoms with Crippen LogP contribution in [0.2, 0.25) is 0 Å². The van der Waals surface area contributed by atoms with Crippen LogP contribution in [0.5, 0.6) is 0 Å². The van der Waals surface area contributed by atoms with Crippen LogP contribution in [0.15, 0.2) is 42.5 Å². The summed E-state index contributed by atoms with van der Waals surface area (Å²) in [4.78, 5) is 12.2. The van der Waals surface area contributed by atoms with E-state index < -0.39 is 0 Å². The van der Waals surface area contributed by atoms with Crippen LogP contribution in [0.3, 0.4) is 0 Å².